The van der Waals surface area contributed by atoms with Crippen LogP contribution in [-0.4, -0.2) is 36.2 Å². The second-order valence-electron chi connectivity index (χ2n) is 4.35. The normalized spacial score (nSPS) is 28.5. The lowest BCUT2D eigenvalue weighted by atomic mass is 9.92. The highest BCUT2D eigenvalue weighted by atomic mass is 16.3. The van der Waals surface area contributed by atoms with E-state index in [1.807, 2.05) is 6.92 Å². The van der Waals surface area contributed by atoms with Gasteiger partial charge in [-0.25, -0.2) is 0 Å². The number of rotatable bonds is 4. The summed E-state index contributed by atoms with van der Waals surface area (Å²) in [5.74, 6) is 0.415. The third-order valence-corrected chi connectivity index (χ3v) is 3.11. The number of aliphatic hydroxyl groups excluding tert-OH is 1. The van der Waals surface area contributed by atoms with E-state index in [0.717, 1.165) is 25.8 Å². The zero-order chi connectivity index (χ0) is 11.3. The van der Waals surface area contributed by atoms with Crippen LogP contribution in [0.25, 0.3) is 0 Å². The topological polar surface area (TPSA) is 61.4 Å². The van der Waals surface area contributed by atoms with E-state index in [1.165, 1.54) is 0 Å². The molecule has 4 heteroatoms. The van der Waals surface area contributed by atoms with Crippen LogP contribution < -0.4 is 10.6 Å². The maximum Gasteiger partial charge on any atom is 0.237 e. The summed E-state index contributed by atoms with van der Waals surface area (Å²) >= 11 is 0. The summed E-state index contributed by atoms with van der Waals surface area (Å²) in [5, 5.41) is 15.1. The SMILES string of the molecule is CC[C@H](CO)NC(=O)C1NCCCC1C. The van der Waals surface area contributed by atoms with E-state index in [9.17, 15) is 4.79 Å². The summed E-state index contributed by atoms with van der Waals surface area (Å²) in [4.78, 5) is 11.9. The molecule has 1 heterocycles. The van der Waals surface area contributed by atoms with Crippen LogP contribution in [0.3, 0.4) is 0 Å². The lowest BCUT2D eigenvalue weighted by molar-refractivity contribution is -0.125. The minimum Gasteiger partial charge on any atom is -0.394 e. The van der Waals surface area contributed by atoms with Crippen molar-refractivity contribution >= 4 is 5.91 Å². The van der Waals surface area contributed by atoms with E-state index in [2.05, 4.69) is 17.6 Å². The highest BCUT2D eigenvalue weighted by molar-refractivity contribution is 5.82. The molecular formula is C11H22N2O2. The predicted octanol–water partition coefficient (Wildman–Crippen LogP) is 0.262. The van der Waals surface area contributed by atoms with Gasteiger partial charge in [-0.05, 0) is 31.7 Å². The van der Waals surface area contributed by atoms with Crippen LogP contribution in [0.4, 0.5) is 0 Å². The predicted molar refractivity (Wildman–Crippen MR) is 59.5 cm³/mol. The number of amides is 1. The maximum absolute atomic E-state index is 11.9. The summed E-state index contributed by atoms with van der Waals surface area (Å²) in [7, 11) is 0. The van der Waals surface area contributed by atoms with E-state index < -0.39 is 0 Å². The molecule has 0 aliphatic carbocycles. The zero-order valence-corrected chi connectivity index (χ0v) is 9.62. The van der Waals surface area contributed by atoms with Gasteiger partial charge in [-0.3, -0.25) is 4.79 Å². The Labute approximate surface area is 91.4 Å². The molecule has 1 rings (SSSR count). The number of carbonyl (C=O) groups is 1. The van der Waals surface area contributed by atoms with Crippen LogP contribution in [0, 0.1) is 5.92 Å². The molecule has 0 spiro atoms. The number of hydrogen-bond acceptors (Lipinski definition) is 3. The first kappa shape index (κ1) is 12.5. The minimum atomic E-state index is -0.103. The molecule has 0 radical (unpaired) electrons. The molecule has 0 bridgehead atoms. The molecule has 1 amide bonds. The van der Waals surface area contributed by atoms with Crippen LogP contribution >= 0.6 is 0 Å². The smallest absolute Gasteiger partial charge is 0.237 e. The van der Waals surface area contributed by atoms with Gasteiger partial charge in [0.2, 0.25) is 5.91 Å². The monoisotopic (exact) mass is 214 g/mol. The fourth-order valence-corrected chi connectivity index (χ4v) is 1.97. The Kier molecular flexibility index (Phi) is 5.05. The number of carbonyl (C=O) groups excluding carboxylic acids is 1. The van der Waals surface area contributed by atoms with Crippen molar-refractivity contribution in [3.8, 4) is 0 Å². The van der Waals surface area contributed by atoms with Gasteiger partial charge in [0.1, 0.15) is 0 Å². The summed E-state index contributed by atoms with van der Waals surface area (Å²) in [6.07, 6.45) is 3.01. The van der Waals surface area contributed by atoms with Crippen molar-refractivity contribution in [1.82, 2.24) is 10.6 Å². The van der Waals surface area contributed by atoms with Gasteiger partial charge < -0.3 is 15.7 Å². The lowest BCUT2D eigenvalue weighted by Crippen LogP contribution is -2.53. The van der Waals surface area contributed by atoms with Crippen LogP contribution in [0.15, 0.2) is 0 Å². The van der Waals surface area contributed by atoms with Crippen molar-refractivity contribution in [2.75, 3.05) is 13.2 Å². The standard InChI is InChI=1S/C11H22N2O2/c1-3-9(7-14)13-11(15)10-8(2)5-4-6-12-10/h8-10,12,14H,3-7H2,1-2H3,(H,13,15)/t8?,9-,10?/m1/s1. The molecule has 1 saturated heterocycles. The van der Waals surface area contributed by atoms with Gasteiger partial charge in [-0.1, -0.05) is 13.8 Å². The van der Waals surface area contributed by atoms with E-state index >= 15 is 0 Å². The average molecular weight is 214 g/mol. The molecule has 0 aromatic heterocycles. The van der Waals surface area contributed by atoms with Gasteiger partial charge in [-0.2, -0.15) is 0 Å². The first-order valence-corrected chi connectivity index (χ1v) is 5.83. The first-order chi connectivity index (χ1) is 7.19. The second kappa shape index (κ2) is 6.08. The van der Waals surface area contributed by atoms with Crippen molar-refractivity contribution < 1.29 is 9.90 Å². The Morgan fingerprint density at radius 2 is 2.40 bits per heavy atom. The third kappa shape index (κ3) is 3.47. The van der Waals surface area contributed by atoms with Crippen molar-refractivity contribution in [3.63, 3.8) is 0 Å². The minimum absolute atomic E-state index is 0.0172. The molecule has 15 heavy (non-hydrogen) atoms. The van der Waals surface area contributed by atoms with Gasteiger partial charge in [0.05, 0.1) is 18.7 Å². The van der Waals surface area contributed by atoms with Gasteiger partial charge in [0, 0.05) is 0 Å². The lowest BCUT2D eigenvalue weighted by Gasteiger charge is -2.30. The Hall–Kier alpha value is -0.610. The fourth-order valence-electron chi connectivity index (χ4n) is 1.97. The highest BCUT2D eigenvalue weighted by Gasteiger charge is 2.28. The number of hydrogen-bond donors (Lipinski definition) is 3. The van der Waals surface area contributed by atoms with Crippen LogP contribution in [0.2, 0.25) is 0 Å². The Balaban J connectivity index is 2.44. The van der Waals surface area contributed by atoms with Gasteiger partial charge >= 0.3 is 0 Å². The number of aliphatic hydroxyl groups is 1. The van der Waals surface area contributed by atoms with Crippen molar-refractivity contribution in [2.45, 2.75) is 45.2 Å². The van der Waals surface area contributed by atoms with Crippen molar-refractivity contribution in [1.29, 1.82) is 0 Å². The molecule has 0 aromatic rings. The van der Waals surface area contributed by atoms with Crippen molar-refractivity contribution in [2.24, 2.45) is 5.92 Å². The highest BCUT2D eigenvalue weighted by Crippen LogP contribution is 2.15. The second-order valence-corrected chi connectivity index (χ2v) is 4.35. The summed E-state index contributed by atoms with van der Waals surface area (Å²) < 4.78 is 0. The molecule has 3 atom stereocenters. The summed E-state index contributed by atoms with van der Waals surface area (Å²) in [6, 6.07) is -0.187. The van der Waals surface area contributed by atoms with Crippen molar-refractivity contribution in [3.05, 3.63) is 0 Å². The number of piperidine rings is 1. The molecule has 88 valence electrons. The Morgan fingerprint density at radius 3 is 2.93 bits per heavy atom. The third-order valence-electron chi connectivity index (χ3n) is 3.11. The summed E-state index contributed by atoms with van der Waals surface area (Å²) in [5.41, 5.74) is 0. The van der Waals surface area contributed by atoms with Gasteiger partial charge in [-0.15, -0.1) is 0 Å². The molecule has 0 aromatic carbocycles. The van der Waals surface area contributed by atoms with Crippen LogP contribution in [0.5, 0.6) is 0 Å². The molecule has 0 saturated carbocycles. The average Bonchev–Trinajstić information content (AvgIpc) is 2.26. The maximum atomic E-state index is 11.9. The molecule has 4 nitrogen and oxygen atoms in total. The zero-order valence-electron chi connectivity index (χ0n) is 9.62. The van der Waals surface area contributed by atoms with E-state index in [1.54, 1.807) is 0 Å². The molecule has 2 unspecified atom stereocenters. The molecule has 1 aliphatic heterocycles. The fraction of sp³-hybridized carbons (Fsp3) is 0.909. The largest absolute Gasteiger partial charge is 0.394 e. The van der Waals surface area contributed by atoms with Crippen LogP contribution in [0.1, 0.15) is 33.1 Å². The number of nitrogens with one attached hydrogen (secondary N) is 2. The summed E-state index contributed by atoms with van der Waals surface area (Å²) in [6.45, 7) is 4.98. The molecule has 3 N–H and O–H groups in total. The first-order valence-electron chi connectivity index (χ1n) is 5.83. The van der Waals surface area contributed by atoms with Crippen LogP contribution in [-0.2, 0) is 4.79 Å². The van der Waals surface area contributed by atoms with E-state index in [4.69, 9.17) is 5.11 Å². The van der Waals surface area contributed by atoms with E-state index in [0.29, 0.717) is 5.92 Å². The van der Waals surface area contributed by atoms with Gasteiger partial charge in [0.15, 0.2) is 0 Å². The quantitative estimate of drug-likeness (QED) is 0.629. The molecule has 1 fully saturated rings. The molecular weight excluding hydrogens is 192 g/mol. The Morgan fingerprint density at radius 1 is 1.67 bits per heavy atom. The van der Waals surface area contributed by atoms with E-state index in [-0.39, 0.29) is 24.6 Å². The van der Waals surface area contributed by atoms with Gasteiger partial charge in [0.25, 0.3) is 0 Å². The molecule has 1 aliphatic rings. The Bertz CT molecular complexity index is 205.